The van der Waals surface area contributed by atoms with E-state index in [0.717, 1.165) is 29.7 Å². The van der Waals surface area contributed by atoms with E-state index >= 15 is 0 Å². The third-order valence-electron chi connectivity index (χ3n) is 5.29. The summed E-state index contributed by atoms with van der Waals surface area (Å²) in [6, 6.07) is 5.37. The monoisotopic (exact) mass is 381 g/mol. The summed E-state index contributed by atoms with van der Waals surface area (Å²) >= 11 is 0. The maximum absolute atomic E-state index is 13.1. The number of hydrogen-bond acceptors (Lipinski definition) is 6. The standard InChI is InChI=1S/C20H23N5O3/c1-24-19-17(21-9-10-22-19)16(23-24)13-7-11-25(12-8-13)20(26)14-5-4-6-15(27-2)18(14)28-3/h4-6,9-10,13H,7-8,11-12H2,1-3H3. The Balaban J connectivity index is 1.52. The molecule has 0 N–H and O–H groups in total. The number of aryl methyl sites for hydroxylation is 1. The second-order valence-corrected chi connectivity index (χ2v) is 6.84. The van der Waals surface area contributed by atoms with E-state index in [9.17, 15) is 4.79 Å². The van der Waals surface area contributed by atoms with Crippen molar-refractivity contribution >= 4 is 17.1 Å². The summed E-state index contributed by atoms with van der Waals surface area (Å²) in [6.45, 7) is 1.31. The first-order valence-electron chi connectivity index (χ1n) is 9.28. The minimum atomic E-state index is -0.0418. The predicted molar refractivity (Wildman–Crippen MR) is 104 cm³/mol. The zero-order valence-corrected chi connectivity index (χ0v) is 16.3. The van der Waals surface area contributed by atoms with Crippen LogP contribution in [0, 0.1) is 0 Å². The van der Waals surface area contributed by atoms with Gasteiger partial charge in [0.25, 0.3) is 5.91 Å². The molecular formula is C20H23N5O3. The Labute approximate surface area is 163 Å². The van der Waals surface area contributed by atoms with Crippen molar-refractivity contribution in [3.63, 3.8) is 0 Å². The molecule has 3 aromatic rings. The fourth-order valence-electron chi connectivity index (χ4n) is 3.86. The van der Waals surface area contributed by atoms with Gasteiger partial charge < -0.3 is 14.4 Å². The average molecular weight is 381 g/mol. The molecule has 146 valence electrons. The van der Waals surface area contributed by atoms with E-state index in [1.807, 2.05) is 11.9 Å². The van der Waals surface area contributed by atoms with Gasteiger partial charge in [0.2, 0.25) is 0 Å². The molecule has 0 aliphatic carbocycles. The summed E-state index contributed by atoms with van der Waals surface area (Å²) < 4.78 is 12.5. The second kappa shape index (κ2) is 7.46. The Morgan fingerprint density at radius 2 is 1.86 bits per heavy atom. The van der Waals surface area contributed by atoms with E-state index in [2.05, 4.69) is 15.1 Å². The van der Waals surface area contributed by atoms with Crippen molar-refractivity contribution in [3.05, 3.63) is 41.9 Å². The van der Waals surface area contributed by atoms with Crippen molar-refractivity contribution in [1.82, 2.24) is 24.6 Å². The van der Waals surface area contributed by atoms with Gasteiger partial charge in [0.15, 0.2) is 17.1 Å². The second-order valence-electron chi connectivity index (χ2n) is 6.84. The number of hydrogen-bond donors (Lipinski definition) is 0. The first-order valence-corrected chi connectivity index (χ1v) is 9.28. The maximum atomic E-state index is 13.1. The summed E-state index contributed by atoms with van der Waals surface area (Å²) in [5.41, 5.74) is 3.13. The van der Waals surface area contributed by atoms with Crippen molar-refractivity contribution in [3.8, 4) is 11.5 Å². The van der Waals surface area contributed by atoms with E-state index in [1.165, 1.54) is 0 Å². The first-order chi connectivity index (χ1) is 13.6. The van der Waals surface area contributed by atoms with Crippen molar-refractivity contribution in [2.45, 2.75) is 18.8 Å². The van der Waals surface area contributed by atoms with Crippen LogP contribution in [0.5, 0.6) is 11.5 Å². The van der Waals surface area contributed by atoms with E-state index < -0.39 is 0 Å². The highest BCUT2D eigenvalue weighted by molar-refractivity contribution is 5.98. The minimum absolute atomic E-state index is 0.0418. The lowest BCUT2D eigenvalue weighted by Crippen LogP contribution is -2.38. The molecule has 2 aromatic heterocycles. The molecule has 3 heterocycles. The number of methoxy groups -OCH3 is 2. The van der Waals surface area contributed by atoms with Gasteiger partial charge in [-0.2, -0.15) is 5.10 Å². The number of piperidine rings is 1. The van der Waals surface area contributed by atoms with Gasteiger partial charge in [-0.15, -0.1) is 0 Å². The van der Waals surface area contributed by atoms with Gasteiger partial charge in [0, 0.05) is 38.4 Å². The Morgan fingerprint density at radius 3 is 2.57 bits per heavy atom. The highest BCUT2D eigenvalue weighted by Gasteiger charge is 2.29. The largest absolute Gasteiger partial charge is 0.493 e. The number of fused-ring (bicyclic) bond motifs is 1. The number of aromatic nitrogens is 4. The molecule has 0 radical (unpaired) electrons. The molecule has 8 nitrogen and oxygen atoms in total. The number of carbonyl (C=O) groups is 1. The zero-order valence-electron chi connectivity index (χ0n) is 16.3. The van der Waals surface area contributed by atoms with Crippen LogP contribution >= 0.6 is 0 Å². The van der Waals surface area contributed by atoms with E-state index in [4.69, 9.17) is 9.47 Å². The fraction of sp³-hybridized carbons (Fsp3) is 0.400. The lowest BCUT2D eigenvalue weighted by atomic mass is 9.92. The molecule has 0 bridgehead atoms. The molecule has 1 amide bonds. The zero-order chi connectivity index (χ0) is 19.7. The molecule has 0 spiro atoms. The van der Waals surface area contributed by atoms with Crippen molar-refractivity contribution < 1.29 is 14.3 Å². The summed E-state index contributed by atoms with van der Waals surface area (Å²) in [4.78, 5) is 23.7. The summed E-state index contributed by atoms with van der Waals surface area (Å²) in [5, 5.41) is 4.64. The van der Waals surface area contributed by atoms with Crippen LogP contribution < -0.4 is 9.47 Å². The maximum Gasteiger partial charge on any atom is 0.257 e. The quantitative estimate of drug-likeness (QED) is 0.690. The van der Waals surface area contributed by atoms with Gasteiger partial charge >= 0.3 is 0 Å². The van der Waals surface area contributed by atoms with Gasteiger partial charge in [0.05, 0.1) is 25.5 Å². The van der Waals surface area contributed by atoms with Crippen LogP contribution in [0.1, 0.15) is 34.8 Å². The van der Waals surface area contributed by atoms with Gasteiger partial charge in [-0.25, -0.2) is 14.6 Å². The molecule has 8 heteroatoms. The van der Waals surface area contributed by atoms with E-state index in [1.54, 1.807) is 49.5 Å². The molecule has 0 atom stereocenters. The van der Waals surface area contributed by atoms with E-state index in [0.29, 0.717) is 30.2 Å². The normalized spacial score (nSPS) is 15.0. The number of nitrogens with zero attached hydrogens (tertiary/aromatic N) is 5. The number of amides is 1. The average Bonchev–Trinajstić information content (AvgIpc) is 3.09. The van der Waals surface area contributed by atoms with Crippen LogP contribution in [0.25, 0.3) is 11.2 Å². The van der Waals surface area contributed by atoms with Crippen LogP contribution in [0.4, 0.5) is 0 Å². The third-order valence-corrected chi connectivity index (χ3v) is 5.29. The summed E-state index contributed by atoms with van der Waals surface area (Å²) in [7, 11) is 5.00. The van der Waals surface area contributed by atoms with E-state index in [-0.39, 0.29) is 11.8 Å². The topological polar surface area (TPSA) is 82.4 Å². The molecule has 1 aliphatic heterocycles. The number of likely N-dealkylation sites (tertiary alicyclic amines) is 1. The molecule has 0 saturated carbocycles. The fourth-order valence-corrected chi connectivity index (χ4v) is 3.86. The summed E-state index contributed by atoms with van der Waals surface area (Å²) in [6.07, 6.45) is 5.04. The first kappa shape index (κ1) is 18.2. The Kier molecular flexibility index (Phi) is 4.85. The number of benzene rings is 1. The molecule has 28 heavy (non-hydrogen) atoms. The summed E-state index contributed by atoms with van der Waals surface area (Å²) in [5.74, 6) is 1.25. The molecular weight excluding hydrogens is 358 g/mol. The Hall–Kier alpha value is -3.16. The number of carbonyl (C=O) groups excluding carboxylic acids is 1. The molecule has 1 fully saturated rings. The third kappa shape index (κ3) is 3.04. The van der Waals surface area contributed by atoms with Gasteiger partial charge in [0.1, 0.15) is 5.52 Å². The SMILES string of the molecule is COc1cccc(C(=O)N2CCC(c3nn(C)c4nccnc34)CC2)c1OC. The van der Waals surface area contributed by atoms with Crippen LogP contribution in [0.15, 0.2) is 30.6 Å². The lowest BCUT2D eigenvalue weighted by molar-refractivity contribution is 0.0708. The molecule has 1 saturated heterocycles. The van der Waals surface area contributed by atoms with Gasteiger partial charge in [-0.3, -0.25) is 4.79 Å². The Morgan fingerprint density at radius 1 is 1.11 bits per heavy atom. The van der Waals surface area contributed by atoms with Crippen molar-refractivity contribution in [2.75, 3.05) is 27.3 Å². The molecule has 4 rings (SSSR count). The van der Waals surface area contributed by atoms with Crippen molar-refractivity contribution in [2.24, 2.45) is 7.05 Å². The van der Waals surface area contributed by atoms with Crippen molar-refractivity contribution in [1.29, 1.82) is 0 Å². The molecule has 0 unspecified atom stereocenters. The highest BCUT2D eigenvalue weighted by atomic mass is 16.5. The van der Waals surface area contributed by atoms with Crippen LogP contribution in [-0.4, -0.2) is 57.9 Å². The number of para-hydroxylation sites is 1. The highest BCUT2D eigenvalue weighted by Crippen LogP contribution is 2.34. The van der Waals surface area contributed by atoms with Gasteiger partial charge in [-0.1, -0.05) is 6.07 Å². The number of rotatable bonds is 4. The molecule has 1 aromatic carbocycles. The van der Waals surface area contributed by atoms with Crippen LogP contribution in [0.3, 0.4) is 0 Å². The minimum Gasteiger partial charge on any atom is -0.493 e. The van der Waals surface area contributed by atoms with Crippen LogP contribution in [0.2, 0.25) is 0 Å². The molecule has 1 aliphatic rings. The van der Waals surface area contributed by atoms with Crippen LogP contribution in [-0.2, 0) is 7.05 Å². The lowest BCUT2D eigenvalue weighted by Gasteiger charge is -2.31. The number of ether oxygens (including phenoxy) is 2. The van der Waals surface area contributed by atoms with Gasteiger partial charge in [-0.05, 0) is 25.0 Å². The Bertz CT molecular complexity index is 1010. The smallest absolute Gasteiger partial charge is 0.257 e. The predicted octanol–water partition coefficient (Wildman–Crippen LogP) is 2.40.